The molecule has 0 heterocycles. The third-order valence-electron chi connectivity index (χ3n) is 2.29. The predicted octanol–water partition coefficient (Wildman–Crippen LogP) is 3.74. The molecule has 3 heteroatoms. The number of hydrogen-bond acceptors (Lipinski definition) is 1. The topological polar surface area (TPSA) is 12.0 Å². The van der Waals surface area contributed by atoms with Crippen LogP contribution in [0.3, 0.4) is 0 Å². The third-order valence-corrected chi connectivity index (χ3v) is 2.85. The van der Waals surface area contributed by atoms with E-state index in [1.807, 2.05) is 24.3 Å². The minimum absolute atomic E-state index is 0.139. The number of alkyl halides is 1. The molecule has 1 atom stereocenters. The van der Waals surface area contributed by atoms with E-state index in [0.29, 0.717) is 5.92 Å². The van der Waals surface area contributed by atoms with Crippen LogP contribution in [0.5, 0.6) is 0 Å². The highest BCUT2D eigenvalue weighted by atomic mass is 35.5. The molecule has 0 aliphatic heterocycles. The molecule has 0 bridgehead atoms. The van der Waals surface area contributed by atoms with Crippen LogP contribution in [0.2, 0.25) is 5.02 Å². The lowest BCUT2D eigenvalue weighted by Gasteiger charge is -2.12. The summed E-state index contributed by atoms with van der Waals surface area (Å²) in [6.07, 6.45) is 0.879. The first-order valence-electron chi connectivity index (χ1n) is 5.67. The largest absolute Gasteiger partial charge is 0.315 e. The zero-order chi connectivity index (χ0) is 12.0. The van der Waals surface area contributed by atoms with Crippen molar-refractivity contribution in [3.05, 3.63) is 34.9 Å². The van der Waals surface area contributed by atoms with E-state index in [2.05, 4.69) is 19.2 Å². The standard InChI is InChI=1S/C13H19Cl2N/c1-10(2)8-16-9-13(15)7-11-3-5-12(14)6-4-11/h3-6,10,13,16H,7-9H2,1-2H3. The molecule has 0 saturated heterocycles. The fourth-order valence-corrected chi connectivity index (χ4v) is 1.89. The minimum atomic E-state index is 0.139. The van der Waals surface area contributed by atoms with Gasteiger partial charge < -0.3 is 5.32 Å². The van der Waals surface area contributed by atoms with Crippen molar-refractivity contribution in [2.24, 2.45) is 5.92 Å². The molecule has 1 rings (SSSR count). The summed E-state index contributed by atoms with van der Waals surface area (Å²) in [6.45, 7) is 6.25. The normalized spacial score (nSPS) is 13.1. The van der Waals surface area contributed by atoms with Gasteiger partial charge in [0, 0.05) is 11.6 Å². The van der Waals surface area contributed by atoms with E-state index in [1.54, 1.807) is 0 Å². The van der Waals surface area contributed by atoms with Gasteiger partial charge in [-0.2, -0.15) is 0 Å². The molecule has 0 amide bonds. The van der Waals surface area contributed by atoms with Crippen LogP contribution < -0.4 is 5.32 Å². The van der Waals surface area contributed by atoms with E-state index in [9.17, 15) is 0 Å². The highest BCUT2D eigenvalue weighted by Crippen LogP contribution is 2.12. The van der Waals surface area contributed by atoms with Gasteiger partial charge in [-0.3, -0.25) is 0 Å². The number of halogens is 2. The lowest BCUT2D eigenvalue weighted by Crippen LogP contribution is -2.27. The number of benzene rings is 1. The molecule has 0 radical (unpaired) electrons. The Bertz CT molecular complexity index is 295. The molecule has 0 aliphatic carbocycles. The van der Waals surface area contributed by atoms with Crippen molar-refractivity contribution in [2.45, 2.75) is 25.6 Å². The summed E-state index contributed by atoms with van der Waals surface area (Å²) in [7, 11) is 0. The second-order valence-electron chi connectivity index (χ2n) is 4.48. The first kappa shape index (κ1) is 13.8. The molecule has 1 aromatic carbocycles. The number of nitrogens with one attached hydrogen (secondary N) is 1. The summed E-state index contributed by atoms with van der Waals surface area (Å²) in [5, 5.41) is 4.27. The van der Waals surface area contributed by atoms with E-state index in [4.69, 9.17) is 23.2 Å². The maximum atomic E-state index is 6.24. The Morgan fingerprint density at radius 2 is 1.75 bits per heavy atom. The highest BCUT2D eigenvalue weighted by molar-refractivity contribution is 6.30. The molecule has 1 aromatic rings. The smallest absolute Gasteiger partial charge is 0.0500 e. The van der Waals surface area contributed by atoms with Crippen molar-refractivity contribution in [2.75, 3.05) is 13.1 Å². The lowest BCUT2D eigenvalue weighted by molar-refractivity contribution is 0.545. The van der Waals surface area contributed by atoms with E-state index in [1.165, 1.54) is 5.56 Å². The Morgan fingerprint density at radius 1 is 1.12 bits per heavy atom. The van der Waals surface area contributed by atoms with E-state index >= 15 is 0 Å². The summed E-state index contributed by atoms with van der Waals surface area (Å²) in [5.74, 6) is 0.666. The molecule has 90 valence electrons. The molecular formula is C13H19Cl2N. The zero-order valence-corrected chi connectivity index (χ0v) is 11.4. The van der Waals surface area contributed by atoms with E-state index < -0.39 is 0 Å². The molecule has 0 fully saturated rings. The lowest BCUT2D eigenvalue weighted by atomic mass is 10.1. The van der Waals surface area contributed by atoms with Gasteiger partial charge in [0.1, 0.15) is 0 Å². The SMILES string of the molecule is CC(C)CNCC(Cl)Cc1ccc(Cl)cc1. The van der Waals surface area contributed by atoms with Crippen LogP contribution in [0.4, 0.5) is 0 Å². The van der Waals surface area contributed by atoms with E-state index in [0.717, 1.165) is 24.5 Å². The van der Waals surface area contributed by atoms with Crippen LogP contribution >= 0.6 is 23.2 Å². The number of hydrogen-bond donors (Lipinski definition) is 1. The Hall–Kier alpha value is -0.240. The van der Waals surface area contributed by atoms with Crippen LogP contribution in [-0.4, -0.2) is 18.5 Å². The molecule has 0 spiro atoms. The fraction of sp³-hybridized carbons (Fsp3) is 0.538. The highest BCUT2D eigenvalue weighted by Gasteiger charge is 2.05. The van der Waals surface area contributed by atoms with Crippen LogP contribution in [0, 0.1) is 5.92 Å². The van der Waals surface area contributed by atoms with Gasteiger partial charge in [-0.1, -0.05) is 37.6 Å². The molecule has 0 aromatic heterocycles. The van der Waals surface area contributed by atoms with Crippen LogP contribution in [-0.2, 0) is 6.42 Å². The van der Waals surface area contributed by atoms with Crippen molar-refractivity contribution in [1.82, 2.24) is 5.32 Å². The van der Waals surface area contributed by atoms with Crippen molar-refractivity contribution >= 4 is 23.2 Å². The maximum Gasteiger partial charge on any atom is 0.0500 e. The van der Waals surface area contributed by atoms with Crippen LogP contribution in [0.15, 0.2) is 24.3 Å². The summed E-state index contributed by atoms with van der Waals surface area (Å²) >= 11 is 12.1. The van der Waals surface area contributed by atoms with Crippen molar-refractivity contribution in [1.29, 1.82) is 0 Å². The van der Waals surface area contributed by atoms with Crippen molar-refractivity contribution in [3.63, 3.8) is 0 Å². The first-order chi connectivity index (χ1) is 7.58. The molecular weight excluding hydrogens is 241 g/mol. The predicted molar refractivity (Wildman–Crippen MR) is 72.5 cm³/mol. The van der Waals surface area contributed by atoms with Gasteiger partial charge in [0.15, 0.2) is 0 Å². The molecule has 16 heavy (non-hydrogen) atoms. The van der Waals surface area contributed by atoms with Gasteiger partial charge in [0.25, 0.3) is 0 Å². The Balaban J connectivity index is 2.28. The first-order valence-corrected chi connectivity index (χ1v) is 6.48. The van der Waals surface area contributed by atoms with Gasteiger partial charge in [-0.25, -0.2) is 0 Å². The summed E-state index contributed by atoms with van der Waals surface area (Å²) < 4.78 is 0. The Kier molecular flexibility index (Phi) is 6.18. The zero-order valence-electron chi connectivity index (χ0n) is 9.84. The summed E-state index contributed by atoms with van der Waals surface area (Å²) in [4.78, 5) is 0. The molecule has 0 aliphatic rings. The monoisotopic (exact) mass is 259 g/mol. The average molecular weight is 260 g/mol. The van der Waals surface area contributed by atoms with Gasteiger partial charge >= 0.3 is 0 Å². The average Bonchev–Trinajstić information content (AvgIpc) is 2.21. The van der Waals surface area contributed by atoms with Crippen LogP contribution in [0.25, 0.3) is 0 Å². The second-order valence-corrected chi connectivity index (χ2v) is 5.53. The third kappa shape index (κ3) is 5.74. The van der Waals surface area contributed by atoms with Gasteiger partial charge in [-0.05, 0) is 36.6 Å². The molecule has 1 nitrogen and oxygen atoms in total. The van der Waals surface area contributed by atoms with Crippen molar-refractivity contribution in [3.8, 4) is 0 Å². The van der Waals surface area contributed by atoms with Gasteiger partial charge in [0.05, 0.1) is 5.38 Å². The minimum Gasteiger partial charge on any atom is -0.315 e. The summed E-state index contributed by atoms with van der Waals surface area (Å²) in [5.41, 5.74) is 1.23. The second kappa shape index (κ2) is 7.16. The Morgan fingerprint density at radius 3 is 2.31 bits per heavy atom. The quantitative estimate of drug-likeness (QED) is 0.768. The Labute approximate surface area is 108 Å². The van der Waals surface area contributed by atoms with Gasteiger partial charge in [0.2, 0.25) is 0 Å². The molecule has 1 N–H and O–H groups in total. The van der Waals surface area contributed by atoms with E-state index in [-0.39, 0.29) is 5.38 Å². The maximum absolute atomic E-state index is 6.24. The van der Waals surface area contributed by atoms with Crippen molar-refractivity contribution < 1.29 is 0 Å². The fourth-order valence-electron chi connectivity index (χ4n) is 1.48. The number of rotatable bonds is 6. The van der Waals surface area contributed by atoms with Gasteiger partial charge in [-0.15, -0.1) is 11.6 Å². The van der Waals surface area contributed by atoms with Crippen LogP contribution in [0.1, 0.15) is 19.4 Å². The summed E-state index contributed by atoms with van der Waals surface area (Å²) in [6, 6.07) is 7.87. The molecule has 0 saturated carbocycles. The molecule has 1 unspecified atom stereocenters.